The third kappa shape index (κ3) is 3.15. The fraction of sp³-hybridized carbons (Fsp3) is 0.455. The highest BCUT2D eigenvalue weighted by Gasteiger charge is 2.01. The molecule has 0 radical (unpaired) electrons. The van der Waals surface area contributed by atoms with Crippen LogP contribution in [0.3, 0.4) is 0 Å². The van der Waals surface area contributed by atoms with Crippen LogP contribution in [-0.4, -0.2) is 11.2 Å². The largest absolute Gasteiger partial charge is 0.393 e. The van der Waals surface area contributed by atoms with E-state index >= 15 is 0 Å². The smallest absolute Gasteiger partial charge is 0.123 e. The minimum absolute atomic E-state index is 0.196. The monoisotopic (exact) mass is 182 g/mol. The summed E-state index contributed by atoms with van der Waals surface area (Å²) in [4.78, 5) is 0. The molecule has 0 unspecified atom stereocenters. The van der Waals surface area contributed by atoms with Crippen LogP contribution < -0.4 is 0 Å². The van der Waals surface area contributed by atoms with Gasteiger partial charge in [-0.05, 0) is 49.9 Å². The van der Waals surface area contributed by atoms with E-state index in [9.17, 15) is 4.39 Å². The Morgan fingerprint density at radius 2 is 2.15 bits per heavy atom. The van der Waals surface area contributed by atoms with Gasteiger partial charge in [-0.15, -0.1) is 0 Å². The van der Waals surface area contributed by atoms with Crippen molar-refractivity contribution in [2.75, 3.05) is 0 Å². The highest BCUT2D eigenvalue weighted by Crippen LogP contribution is 2.12. The Balaban J connectivity index is 2.67. The van der Waals surface area contributed by atoms with Gasteiger partial charge < -0.3 is 5.11 Å². The third-order valence-corrected chi connectivity index (χ3v) is 2.14. The van der Waals surface area contributed by atoms with Gasteiger partial charge in [-0.3, -0.25) is 0 Å². The summed E-state index contributed by atoms with van der Waals surface area (Å²) < 4.78 is 12.7. The van der Waals surface area contributed by atoms with E-state index in [1.165, 1.54) is 12.1 Å². The third-order valence-electron chi connectivity index (χ3n) is 2.14. The zero-order chi connectivity index (χ0) is 9.84. The van der Waals surface area contributed by atoms with Gasteiger partial charge in [0.25, 0.3) is 0 Å². The molecule has 0 aliphatic heterocycles. The van der Waals surface area contributed by atoms with Gasteiger partial charge in [0, 0.05) is 0 Å². The van der Waals surface area contributed by atoms with Crippen molar-refractivity contribution in [1.29, 1.82) is 0 Å². The number of halogens is 1. The lowest BCUT2D eigenvalue weighted by Gasteiger charge is -2.07. The normalized spacial score (nSPS) is 12.9. The maximum Gasteiger partial charge on any atom is 0.123 e. The lowest BCUT2D eigenvalue weighted by atomic mass is 10.0. The summed E-state index contributed by atoms with van der Waals surface area (Å²) in [7, 11) is 0. The number of aliphatic hydroxyl groups excluding tert-OH is 1. The Labute approximate surface area is 78.2 Å². The van der Waals surface area contributed by atoms with E-state index in [0.717, 1.165) is 24.0 Å². The number of aryl methyl sites for hydroxylation is 2. The molecule has 1 rings (SSSR count). The molecule has 13 heavy (non-hydrogen) atoms. The van der Waals surface area contributed by atoms with E-state index in [1.54, 1.807) is 13.0 Å². The first kappa shape index (κ1) is 10.2. The van der Waals surface area contributed by atoms with Gasteiger partial charge in [0.15, 0.2) is 0 Å². The molecular formula is C11H15FO. The minimum atomic E-state index is -0.288. The van der Waals surface area contributed by atoms with Gasteiger partial charge in [0.1, 0.15) is 5.82 Å². The molecule has 1 nitrogen and oxygen atoms in total. The number of benzene rings is 1. The number of rotatable bonds is 3. The summed E-state index contributed by atoms with van der Waals surface area (Å²) in [5.74, 6) is -0.196. The molecule has 2 heteroatoms. The molecule has 0 heterocycles. The van der Waals surface area contributed by atoms with Crippen molar-refractivity contribution >= 4 is 0 Å². The van der Waals surface area contributed by atoms with Gasteiger partial charge in [0.05, 0.1) is 6.10 Å². The fourth-order valence-electron chi connectivity index (χ4n) is 1.30. The Bertz CT molecular complexity index is 281. The van der Waals surface area contributed by atoms with E-state index in [1.807, 2.05) is 6.92 Å². The van der Waals surface area contributed by atoms with Crippen LogP contribution in [0, 0.1) is 12.7 Å². The highest BCUT2D eigenvalue weighted by molar-refractivity contribution is 5.26. The second-order valence-corrected chi connectivity index (χ2v) is 3.46. The summed E-state index contributed by atoms with van der Waals surface area (Å²) in [6.07, 6.45) is 1.25. The molecule has 0 saturated carbocycles. The summed E-state index contributed by atoms with van der Waals surface area (Å²) >= 11 is 0. The maximum absolute atomic E-state index is 12.7. The van der Waals surface area contributed by atoms with E-state index in [0.29, 0.717) is 0 Å². The van der Waals surface area contributed by atoms with Crippen LogP contribution in [0.15, 0.2) is 18.2 Å². The summed E-state index contributed by atoms with van der Waals surface area (Å²) in [6.45, 7) is 3.65. The Morgan fingerprint density at radius 1 is 1.46 bits per heavy atom. The molecule has 0 spiro atoms. The topological polar surface area (TPSA) is 20.2 Å². The zero-order valence-corrected chi connectivity index (χ0v) is 8.05. The maximum atomic E-state index is 12.7. The summed E-state index contributed by atoms with van der Waals surface area (Å²) in [5.41, 5.74) is 2.07. The summed E-state index contributed by atoms with van der Waals surface area (Å²) in [6, 6.07) is 4.77. The molecule has 0 aliphatic rings. The van der Waals surface area contributed by atoms with Crippen molar-refractivity contribution in [3.8, 4) is 0 Å². The van der Waals surface area contributed by atoms with E-state index in [4.69, 9.17) is 5.11 Å². The Hall–Kier alpha value is -0.890. The first-order chi connectivity index (χ1) is 6.09. The van der Waals surface area contributed by atoms with Crippen molar-refractivity contribution in [3.05, 3.63) is 35.1 Å². The van der Waals surface area contributed by atoms with Crippen LogP contribution in [0.25, 0.3) is 0 Å². The summed E-state index contributed by atoms with van der Waals surface area (Å²) in [5, 5.41) is 9.09. The molecule has 1 aromatic carbocycles. The molecule has 72 valence electrons. The molecule has 0 fully saturated rings. The van der Waals surface area contributed by atoms with Crippen LogP contribution >= 0.6 is 0 Å². The number of hydrogen-bond acceptors (Lipinski definition) is 1. The van der Waals surface area contributed by atoms with Crippen LogP contribution in [0.5, 0.6) is 0 Å². The molecule has 1 N–H and O–H groups in total. The van der Waals surface area contributed by atoms with Crippen molar-refractivity contribution < 1.29 is 9.50 Å². The molecule has 1 atom stereocenters. The molecule has 0 amide bonds. The van der Waals surface area contributed by atoms with Crippen molar-refractivity contribution in [2.45, 2.75) is 32.8 Å². The minimum Gasteiger partial charge on any atom is -0.393 e. The van der Waals surface area contributed by atoms with Crippen LogP contribution in [0.4, 0.5) is 4.39 Å². The average molecular weight is 182 g/mol. The molecule has 1 aromatic rings. The Kier molecular flexibility index (Phi) is 3.43. The van der Waals surface area contributed by atoms with Crippen LogP contribution in [0.1, 0.15) is 24.5 Å². The van der Waals surface area contributed by atoms with Gasteiger partial charge in [-0.2, -0.15) is 0 Å². The highest BCUT2D eigenvalue weighted by atomic mass is 19.1. The first-order valence-electron chi connectivity index (χ1n) is 4.52. The van der Waals surface area contributed by atoms with Gasteiger partial charge in [-0.1, -0.05) is 6.07 Å². The standard InChI is InChI=1S/C11H15FO/c1-8-7-11(12)6-5-10(8)4-3-9(2)13/h5-7,9,13H,3-4H2,1-2H3/t9-/m1/s1. The van der Waals surface area contributed by atoms with Gasteiger partial charge in [0.2, 0.25) is 0 Å². The molecule has 0 aliphatic carbocycles. The first-order valence-corrected chi connectivity index (χ1v) is 4.52. The predicted octanol–water partition coefficient (Wildman–Crippen LogP) is 2.45. The van der Waals surface area contributed by atoms with Gasteiger partial charge >= 0.3 is 0 Å². The van der Waals surface area contributed by atoms with E-state index < -0.39 is 0 Å². The quantitative estimate of drug-likeness (QED) is 0.761. The van der Waals surface area contributed by atoms with E-state index in [2.05, 4.69) is 0 Å². The molecular weight excluding hydrogens is 167 g/mol. The van der Waals surface area contributed by atoms with Crippen LogP contribution in [0.2, 0.25) is 0 Å². The average Bonchev–Trinajstić information content (AvgIpc) is 2.02. The second-order valence-electron chi connectivity index (χ2n) is 3.46. The van der Waals surface area contributed by atoms with Crippen molar-refractivity contribution in [1.82, 2.24) is 0 Å². The molecule has 0 saturated heterocycles. The number of hydrogen-bond donors (Lipinski definition) is 1. The predicted molar refractivity (Wildman–Crippen MR) is 51.1 cm³/mol. The van der Waals surface area contributed by atoms with Gasteiger partial charge in [-0.25, -0.2) is 4.39 Å². The fourth-order valence-corrected chi connectivity index (χ4v) is 1.30. The van der Waals surface area contributed by atoms with Crippen molar-refractivity contribution in [3.63, 3.8) is 0 Å². The lowest BCUT2D eigenvalue weighted by molar-refractivity contribution is 0.185. The van der Waals surface area contributed by atoms with Crippen molar-refractivity contribution in [2.24, 2.45) is 0 Å². The molecule has 0 aromatic heterocycles. The lowest BCUT2D eigenvalue weighted by Crippen LogP contribution is -2.02. The number of aliphatic hydroxyl groups is 1. The van der Waals surface area contributed by atoms with Crippen LogP contribution in [-0.2, 0) is 6.42 Å². The molecule has 0 bridgehead atoms. The van der Waals surface area contributed by atoms with E-state index in [-0.39, 0.29) is 11.9 Å². The SMILES string of the molecule is Cc1cc(F)ccc1CC[C@@H](C)O. The Morgan fingerprint density at radius 3 is 2.69 bits per heavy atom. The zero-order valence-electron chi connectivity index (χ0n) is 8.05. The second kappa shape index (κ2) is 4.38.